The van der Waals surface area contributed by atoms with Gasteiger partial charge in [0.05, 0.1) is 18.8 Å². The molecule has 2 aromatic rings. The first-order chi connectivity index (χ1) is 13.4. The van der Waals surface area contributed by atoms with Crippen molar-refractivity contribution in [2.24, 2.45) is 0 Å². The molecule has 150 valence electrons. The van der Waals surface area contributed by atoms with Gasteiger partial charge in [0.1, 0.15) is 29.5 Å². The number of hydrogen-bond donors (Lipinski definition) is 4. The third-order valence-electron chi connectivity index (χ3n) is 4.58. The Labute approximate surface area is 161 Å². The summed E-state index contributed by atoms with van der Waals surface area (Å²) in [5.41, 5.74) is 0.409. The van der Waals surface area contributed by atoms with Crippen LogP contribution in [0.25, 0.3) is 0 Å². The standard InChI is InChI=1S/C20H22FNO6/c1-22-20(26)11-3-2-4-12(7-11)27-13-5-6-16(21)15(8-13)19-18(25)17(24)9-14(10-23)28-19/h2-8,14,17-19,23-25H,9-10H2,1H3,(H,22,26)/t14?,17?,18?,19-/m1/s1. The Balaban J connectivity index is 1.86. The van der Waals surface area contributed by atoms with Gasteiger partial charge in [-0.2, -0.15) is 0 Å². The van der Waals surface area contributed by atoms with Crippen molar-refractivity contribution in [1.29, 1.82) is 0 Å². The maximum absolute atomic E-state index is 14.4. The zero-order valence-corrected chi connectivity index (χ0v) is 15.2. The van der Waals surface area contributed by atoms with E-state index in [9.17, 15) is 24.5 Å². The number of aliphatic hydroxyl groups excluding tert-OH is 3. The number of carbonyl (C=O) groups is 1. The van der Waals surface area contributed by atoms with Gasteiger partial charge in [0.2, 0.25) is 0 Å². The van der Waals surface area contributed by atoms with E-state index in [-0.39, 0.29) is 30.2 Å². The van der Waals surface area contributed by atoms with Crippen LogP contribution in [-0.4, -0.2) is 53.2 Å². The second kappa shape index (κ2) is 8.66. The molecule has 4 N–H and O–H groups in total. The summed E-state index contributed by atoms with van der Waals surface area (Å²) in [6, 6.07) is 10.4. The van der Waals surface area contributed by atoms with Crippen molar-refractivity contribution in [3.05, 3.63) is 59.4 Å². The zero-order chi connectivity index (χ0) is 20.3. The monoisotopic (exact) mass is 391 g/mol. The fourth-order valence-electron chi connectivity index (χ4n) is 3.11. The molecule has 8 heteroatoms. The topological polar surface area (TPSA) is 108 Å². The quantitative estimate of drug-likeness (QED) is 0.616. The predicted molar refractivity (Wildman–Crippen MR) is 97.6 cm³/mol. The van der Waals surface area contributed by atoms with E-state index in [1.807, 2.05) is 0 Å². The molecule has 1 aliphatic heterocycles. The van der Waals surface area contributed by atoms with Gasteiger partial charge >= 0.3 is 0 Å². The lowest BCUT2D eigenvalue weighted by molar-refractivity contribution is -0.180. The molecular formula is C20H22FNO6. The van der Waals surface area contributed by atoms with Crippen LogP contribution in [0.3, 0.4) is 0 Å². The van der Waals surface area contributed by atoms with Crippen LogP contribution in [0.4, 0.5) is 4.39 Å². The lowest BCUT2D eigenvalue weighted by Gasteiger charge is -2.37. The Morgan fingerprint density at radius 3 is 2.71 bits per heavy atom. The lowest BCUT2D eigenvalue weighted by Crippen LogP contribution is -2.44. The van der Waals surface area contributed by atoms with Crippen molar-refractivity contribution in [3.63, 3.8) is 0 Å². The van der Waals surface area contributed by atoms with Crippen molar-refractivity contribution in [1.82, 2.24) is 5.32 Å². The van der Waals surface area contributed by atoms with E-state index in [4.69, 9.17) is 9.47 Å². The minimum atomic E-state index is -1.34. The number of nitrogens with one attached hydrogen (secondary N) is 1. The highest BCUT2D eigenvalue weighted by Gasteiger charge is 2.38. The van der Waals surface area contributed by atoms with Crippen LogP contribution in [0, 0.1) is 5.82 Å². The van der Waals surface area contributed by atoms with Gasteiger partial charge in [-0.1, -0.05) is 6.07 Å². The largest absolute Gasteiger partial charge is 0.457 e. The normalized spacial score (nSPS) is 24.6. The summed E-state index contributed by atoms with van der Waals surface area (Å²) in [7, 11) is 1.52. The molecule has 1 amide bonds. The Morgan fingerprint density at radius 2 is 2.00 bits per heavy atom. The van der Waals surface area contributed by atoms with E-state index < -0.39 is 30.2 Å². The fraction of sp³-hybridized carbons (Fsp3) is 0.350. The minimum absolute atomic E-state index is 0.00431. The summed E-state index contributed by atoms with van der Waals surface area (Å²) in [6.45, 7) is -0.357. The molecule has 0 aromatic heterocycles. The van der Waals surface area contributed by atoms with Crippen LogP contribution in [0.1, 0.15) is 28.4 Å². The van der Waals surface area contributed by atoms with Crippen LogP contribution >= 0.6 is 0 Å². The smallest absolute Gasteiger partial charge is 0.251 e. The molecule has 0 saturated carbocycles. The number of hydrogen-bond acceptors (Lipinski definition) is 6. The third kappa shape index (κ3) is 4.31. The second-order valence-corrected chi connectivity index (χ2v) is 6.55. The number of rotatable bonds is 5. The molecule has 0 radical (unpaired) electrons. The molecule has 1 aliphatic rings. The molecule has 0 spiro atoms. The number of carbonyl (C=O) groups excluding carboxylic acids is 1. The first-order valence-electron chi connectivity index (χ1n) is 8.84. The molecule has 1 heterocycles. The summed E-state index contributed by atoms with van der Waals surface area (Å²) in [5.74, 6) is -0.270. The van der Waals surface area contributed by atoms with E-state index in [2.05, 4.69) is 5.32 Å². The van der Waals surface area contributed by atoms with Gasteiger partial charge in [-0.05, 0) is 36.4 Å². The van der Waals surface area contributed by atoms with Crippen molar-refractivity contribution < 1.29 is 34.0 Å². The Hall–Kier alpha value is -2.52. The molecule has 0 bridgehead atoms. The van der Waals surface area contributed by atoms with Gasteiger partial charge in [0.15, 0.2) is 0 Å². The first kappa shape index (κ1) is 20.2. The molecule has 3 rings (SSSR count). The Morgan fingerprint density at radius 1 is 1.25 bits per heavy atom. The van der Waals surface area contributed by atoms with Crippen LogP contribution < -0.4 is 10.1 Å². The van der Waals surface area contributed by atoms with Crippen molar-refractivity contribution >= 4 is 5.91 Å². The number of amides is 1. The molecule has 7 nitrogen and oxygen atoms in total. The number of halogens is 1. The Bertz CT molecular complexity index is 845. The van der Waals surface area contributed by atoms with Gasteiger partial charge < -0.3 is 30.1 Å². The van der Waals surface area contributed by atoms with E-state index in [0.717, 1.165) is 6.07 Å². The van der Waals surface area contributed by atoms with Crippen molar-refractivity contribution in [2.45, 2.75) is 30.8 Å². The van der Waals surface area contributed by atoms with Crippen LogP contribution in [0.2, 0.25) is 0 Å². The average molecular weight is 391 g/mol. The Kier molecular flexibility index (Phi) is 6.25. The molecule has 28 heavy (non-hydrogen) atoms. The number of ether oxygens (including phenoxy) is 2. The van der Waals surface area contributed by atoms with E-state index in [1.165, 1.54) is 19.2 Å². The summed E-state index contributed by atoms with van der Waals surface area (Å²) in [4.78, 5) is 11.7. The van der Waals surface area contributed by atoms with Gasteiger partial charge in [-0.15, -0.1) is 0 Å². The van der Waals surface area contributed by atoms with Crippen LogP contribution in [0.5, 0.6) is 11.5 Å². The summed E-state index contributed by atoms with van der Waals surface area (Å²) in [6.07, 6.45) is -4.30. The molecule has 3 unspecified atom stereocenters. The third-order valence-corrected chi connectivity index (χ3v) is 4.58. The maximum Gasteiger partial charge on any atom is 0.251 e. The average Bonchev–Trinajstić information content (AvgIpc) is 2.71. The number of benzene rings is 2. The molecule has 2 aromatic carbocycles. The van der Waals surface area contributed by atoms with E-state index >= 15 is 0 Å². The van der Waals surface area contributed by atoms with Crippen LogP contribution in [0.15, 0.2) is 42.5 Å². The van der Waals surface area contributed by atoms with Gasteiger partial charge in [-0.3, -0.25) is 4.79 Å². The molecule has 1 saturated heterocycles. The number of aliphatic hydroxyl groups is 3. The molecule has 4 atom stereocenters. The summed E-state index contributed by atoms with van der Waals surface area (Å²) in [5, 5.41) is 32.0. The highest BCUT2D eigenvalue weighted by molar-refractivity contribution is 5.94. The molecule has 0 aliphatic carbocycles. The van der Waals surface area contributed by atoms with Crippen molar-refractivity contribution in [2.75, 3.05) is 13.7 Å². The second-order valence-electron chi connectivity index (χ2n) is 6.55. The SMILES string of the molecule is CNC(=O)c1cccc(Oc2ccc(F)c([C@H]3OC(CO)CC(O)C3O)c2)c1. The molecular weight excluding hydrogens is 369 g/mol. The fourth-order valence-corrected chi connectivity index (χ4v) is 3.11. The summed E-state index contributed by atoms with van der Waals surface area (Å²) >= 11 is 0. The first-order valence-corrected chi connectivity index (χ1v) is 8.84. The van der Waals surface area contributed by atoms with Crippen molar-refractivity contribution in [3.8, 4) is 11.5 Å². The maximum atomic E-state index is 14.4. The van der Waals surface area contributed by atoms with Gasteiger partial charge in [0, 0.05) is 24.6 Å². The highest BCUT2D eigenvalue weighted by atomic mass is 19.1. The van der Waals surface area contributed by atoms with Crippen LogP contribution in [-0.2, 0) is 4.74 Å². The highest BCUT2D eigenvalue weighted by Crippen LogP contribution is 2.35. The van der Waals surface area contributed by atoms with Gasteiger partial charge in [-0.25, -0.2) is 4.39 Å². The summed E-state index contributed by atoms with van der Waals surface area (Å²) < 4.78 is 25.7. The van der Waals surface area contributed by atoms with E-state index in [0.29, 0.717) is 11.3 Å². The lowest BCUT2D eigenvalue weighted by atomic mass is 9.93. The van der Waals surface area contributed by atoms with E-state index in [1.54, 1.807) is 24.3 Å². The predicted octanol–water partition coefficient (Wildman–Crippen LogP) is 1.52. The van der Waals surface area contributed by atoms with Gasteiger partial charge in [0.25, 0.3) is 5.91 Å². The zero-order valence-electron chi connectivity index (χ0n) is 15.2. The minimum Gasteiger partial charge on any atom is -0.457 e. The molecule has 1 fully saturated rings.